The Labute approximate surface area is 186 Å². The Balaban J connectivity index is 1.61. The first-order valence-corrected chi connectivity index (χ1v) is 11.7. The first kappa shape index (κ1) is 21.3. The van der Waals surface area contributed by atoms with E-state index >= 15 is 0 Å². The zero-order valence-electron chi connectivity index (χ0n) is 17.8. The van der Waals surface area contributed by atoms with E-state index in [1.807, 2.05) is 31.2 Å². The maximum Gasteiger partial charge on any atom is 0.150 e. The van der Waals surface area contributed by atoms with Crippen molar-refractivity contribution in [1.29, 1.82) is 0 Å². The maximum absolute atomic E-state index is 11.7. The number of aldehydes is 1. The van der Waals surface area contributed by atoms with E-state index < -0.39 is 0 Å². The largest absolute Gasteiger partial charge is 0.488 e. The molecule has 0 bridgehead atoms. The molecule has 3 aromatic carbocycles. The normalized spacial score (nSPS) is 15.5. The molecule has 0 radical (unpaired) electrons. The third-order valence-electron chi connectivity index (χ3n) is 5.45. The van der Waals surface area contributed by atoms with Gasteiger partial charge in [0.1, 0.15) is 12.4 Å². The zero-order valence-corrected chi connectivity index (χ0v) is 18.8. The topological polar surface area (TPSA) is 26.3 Å². The molecule has 0 fully saturated rings. The lowest BCUT2D eigenvalue weighted by molar-refractivity contribution is 0.112. The average Bonchev–Trinajstić information content (AvgIpc) is 2.81. The van der Waals surface area contributed by atoms with Crippen LogP contribution in [0, 0.1) is 12.8 Å². The van der Waals surface area contributed by atoms with E-state index in [-0.39, 0.29) is 0 Å². The third-order valence-corrected chi connectivity index (χ3v) is 6.84. The fourth-order valence-electron chi connectivity index (χ4n) is 3.79. The number of aryl methyl sites for hydroxylation is 1. The quantitative estimate of drug-likeness (QED) is 0.342. The summed E-state index contributed by atoms with van der Waals surface area (Å²) in [6.07, 6.45) is 11.8. The smallest absolute Gasteiger partial charge is 0.150 e. The lowest BCUT2D eigenvalue weighted by Gasteiger charge is -2.17. The standard InChI is InChI=1S/C28H27O2P/c1-21-12-15-27(25(16-21)19-29)31-28-18-24(17-22-8-4-2-5-9-22)13-14-26(28)30-20-23-10-6-3-7-11-23/h2-8,10-16,18-19,22,31H,9,17,20H2,1H3. The number of rotatable bonds is 8. The molecule has 156 valence electrons. The minimum Gasteiger partial charge on any atom is -0.488 e. The predicted molar refractivity (Wildman–Crippen MR) is 131 cm³/mol. The molecule has 0 saturated heterocycles. The van der Waals surface area contributed by atoms with Crippen molar-refractivity contribution < 1.29 is 9.53 Å². The summed E-state index contributed by atoms with van der Waals surface area (Å²) in [7, 11) is 0.365. The Kier molecular flexibility index (Phi) is 7.12. The minimum atomic E-state index is 0.365. The van der Waals surface area contributed by atoms with Gasteiger partial charge >= 0.3 is 0 Å². The van der Waals surface area contributed by atoms with Crippen LogP contribution in [-0.2, 0) is 13.0 Å². The van der Waals surface area contributed by atoms with Gasteiger partial charge in [-0.05, 0) is 60.3 Å². The van der Waals surface area contributed by atoms with E-state index in [1.54, 1.807) is 0 Å². The molecule has 2 unspecified atom stereocenters. The van der Waals surface area contributed by atoms with E-state index in [9.17, 15) is 4.79 Å². The van der Waals surface area contributed by atoms with Crippen molar-refractivity contribution in [1.82, 2.24) is 0 Å². The van der Waals surface area contributed by atoms with E-state index in [4.69, 9.17) is 4.74 Å². The highest BCUT2D eigenvalue weighted by atomic mass is 31.1. The maximum atomic E-state index is 11.7. The van der Waals surface area contributed by atoms with Crippen LogP contribution in [0.3, 0.4) is 0 Å². The first-order chi connectivity index (χ1) is 15.2. The van der Waals surface area contributed by atoms with Gasteiger partial charge < -0.3 is 4.74 Å². The summed E-state index contributed by atoms with van der Waals surface area (Å²) in [5, 5.41) is 2.21. The SMILES string of the molecule is Cc1ccc(Pc2cc(CC3C=CC=CC3)ccc2OCc2ccccc2)c(C=O)c1. The summed E-state index contributed by atoms with van der Waals surface area (Å²) < 4.78 is 6.23. The third kappa shape index (κ3) is 5.81. The summed E-state index contributed by atoms with van der Waals surface area (Å²) in [6.45, 7) is 2.54. The molecule has 0 aromatic heterocycles. The van der Waals surface area contributed by atoms with Gasteiger partial charge in [0.2, 0.25) is 0 Å². The van der Waals surface area contributed by atoms with Crippen molar-refractivity contribution in [2.75, 3.05) is 0 Å². The fraction of sp³-hybridized carbons (Fsp3) is 0.179. The predicted octanol–water partition coefficient (Wildman–Crippen LogP) is 5.69. The summed E-state index contributed by atoms with van der Waals surface area (Å²) in [6, 6.07) is 22.9. The second-order valence-electron chi connectivity index (χ2n) is 7.95. The molecule has 0 saturated carbocycles. The van der Waals surface area contributed by atoms with Crippen molar-refractivity contribution in [3.63, 3.8) is 0 Å². The van der Waals surface area contributed by atoms with Crippen molar-refractivity contribution in [2.24, 2.45) is 5.92 Å². The first-order valence-electron chi connectivity index (χ1n) is 10.7. The molecule has 2 atom stereocenters. The van der Waals surface area contributed by atoms with Crippen LogP contribution in [0.2, 0.25) is 0 Å². The molecule has 3 aromatic rings. The minimum absolute atomic E-state index is 0.365. The highest BCUT2D eigenvalue weighted by Gasteiger charge is 2.13. The van der Waals surface area contributed by atoms with Crippen LogP contribution in [0.5, 0.6) is 5.75 Å². The summed E-state index contributed by atoms with van der Waals surface area (Å²) in [4.78, 5) is 11.7. The van der Waals surface area contributed by atoms with Gasteiger partial charge in [-0.2, -0.15) is 0 Å². The number of ether oxygens (including phenoxy) is 1. The second-order valence-corrected chi connectivity index (χ2v) is 9.28. The molecule has 0 heterocycles. The number of benzene rings is 3. The molecule has 4 rings (SSSR count). The molecule has 3 heteroatoms. The van der Waals surface area contributed by atoms with Gasteiger partial charge in [-0.3, -0.25) is 4.79 Å². The van der Waals surface area contributed by atoms with Crippen LogP contribution in [0.15, 0.2) is 91.0 Å². The van der Waals surface area contributed by atoms with Crippen molar-refractivity contribution in [3.05, 3.63) is 113 Å². The molecule has 31 heavy (non-hydrogen) atoms. The fourth-order valence-corrected chi connectivity index (χ4v) is 5.06. The van der Waals surface area contributed by atoms with Gasteiger partial charge in [-0.15, -0.1) is 0 Å². The molecule has 0 amide bonds. The van der Waals surface area contributed by atoms with Crippen LogP contribution >= 0.6 is 8.58 Å². The van der Waals surface area contributed by atoms with Crippen molar-refractivity contribution in [3.8, 4) is 5.75 Å². The summed E-state index contributed by atoms with van der Waals surface area (Å²) in [5.41, 5.74) is 4.31. The number of hydrogen-bond acceptors (Lipinski definition) is 2. The highest BCUT2D eigenvalue weighted by Crippen LogP contribution is 2.25. The molecule has 1 aliphatic carbocycles. The van der Waals surface area contributed by atoms with Gasteiger partial charge in [-0.1, -0.05) is 87.0 Å². The molecular formula is C28H27O2P. The lowest BCUT2D eigenvalue weighted by Crippen LogP contribution is -2.13. The van der Waals surface area contributed by atoms with Crippen LogP contribution in [0.1, 0.15) is 33.5 Å². The Bertz CT molecular complexity index is 1100. The summed E-state index contributed by atoms with van der Waals surface area (Å²) >= 11 is 0. The van der Waals surface area contributed by atoms with Crippen LogP contribution in [-0.4, -0.2) is 6.29 Å². The highest BCUT2D eigenvalue weighted by molar-refractivity contribution is 7.56. The van der Waals surface area contributed by atoms with Gasteiger partial charge in [-0.25, -0.2) is 0 Å². The Morgan fingerprint density at radius 1 is 0.968 bits per heavy atom. The molecule has 0 aliphatic heterocycles. The zero-order chi connectivity index (χ0) is 21.5. The summed E-state index contributed by atoms with van der Waals surface area (Å²) in [5.74, 6) is 1.42. The van der Waals surface area contributed by atoms with E-state index in [0.717, 1.165) is 52.2 Å². The van der Waals surface area contributed by atoms with Gasteiger partial charge in [0, 0.05) is 10.9 Å². The van der Waals surface area contributed by atoms with Gasteiger partial charge in [0.25, 0.3) is 0 Å². The Morgan fingerprint density at radius 3 is 2.61 bits per heavy atom. The van der Waals surface area contributed by atoms with E-state index in [2.05, 4.69) is 66.8 Å². The molecule has 0 N–H and O–H groups in total. The molecule has 2 nitrogen and oxygen atoms in total. The monoisotopic (exact) mass is 426 g/mol. The number of carbonyl (C=O) groups excluding carboxylic acids is 1. The Morgan fingerprint density at radius 2 is 1.84 bits per heavy atom. The average molecular weight is 426 g/mol. The van der Waals surface area contributed by atoms with Crippen LogP contribution < -0.4 is 15.3 Å². The van der Waals surface area contributed by atoms with Crippen LogP contribution in [0.4, 0.5) is 0 Å². The number of carbonyl (C=O) groups is 1. The Hall–Kier alpha value is -2.96. The molecular weight excluding hydrogens is 399 g/mol. The van der Waals surface area contributed by atoms with E-state index in [0.29, 0.717) is 21.1 Å². The molecule has 0 spiro atoms. The van der Waals surface area contributed by atoms with Gasteiger partial charge in [0.15, 0.2) is 6.29 Å². The van der Waals surface area contributed by atoms with E-state index in [1.165, 1.54) is 5.56 Å². The van der Waals surface area contributed by atoms with Crippen molar-refractivity contribution in [2.45, 2.75) is 26.4 Å². The second kappa shape index (κ2) is 10.4. The molecule has 1 aliphatic rings. The van der Waals surface area contributed by atoms with Crippen molar-refractivity contribution >= 4 is 25.5 Å². The van der Waals surface area contributed by atoms with Gasteiger partial charge in [0.05, 0.1) is 0 Å². The van der Waals surface area contributed by atoms with Crippen LogP contribution in [0.25, 0.3) is 0 Å². The number of hydrogen-bond donors (Lipinski definition) is 0. The lowest BCUT2D eigenvalue weighted by atomic mass is 9.93. The number of allylic oxidation sites excluding steroid dienone is 4.